The first kappa shape index (κ1) is 16.4. The fourth-order valence-corrected chi connectivity index (χ4v) is 2.85. The molecule has 1 unspecified atom stereocenters. The minimum atomic E-state index is -0.417. The molecule has 128 valence electrons. The molecule has 2 aliphatic heterocycles. The third kappa shape index (κ3) is 3.56. The zero-order chi connectivity index (χ0) is 17.1. The summed E-state index contributed by atoms with van der Waals surface area (Å²) in [4.78, 5) is 39.6. The molecular formula is C17H21N3O4. The largest absolute Gasteiger partial charge is 0.368 e. The summed E-state index contributed by atoms with van der Waals surface area (Å²) in [6.45, 7) is 1.73. The standard InChI is InChI=1S/C17H21N3O4/c1-19-7-8-20(11-15(19)21)17(23)12-4-2-5-13(10-12)18-16(22)14-6-3-9-24-14/h2,4-5,10,14H,3,6-9,11H2,1H3,(H,18,22). The molecule has 3 amide bonds. The van der Waals surface area contributed by atoms with E-state index in [1.165, 1.54) is 4.90 Å². The molecule has 7 nitrogen and oxygen atoms in total. The zero-order valence-electron chi connectivity index (χ0n) is 13.7. The predicted octanol–water partition coefficient (Wildman–Crippen LogP) is 0.718. The van der Waals surface area contributed by atoms with Crippen LogP contribution in [-0.2, 0) is 14.3 Å². The van der Waals surface area contributed by atoms with Crippen molar-refractivity contribution in [1.29, 1.82) is 0 Å². The molecule has 3 rings (SSSR count). The Morgan fingerprint density at radius 2 is 2.12 bits per heavy atom. The summed E-state index contributed by atoms with van der Waals surface area (Å²) < 4.78 is 5.35. The van der Waals surface area contributed by atoms with E-state index >= 15 is 0 Å². The predicted molar refractivity (Wildman–Crippen MR) is 87.6 cm³/mol. The monoisotopic (exact) mass is 331 g/mol. The molecule has 1 aromatic rings. The van der Waals surface area contributed by atoms with Crippen molar-refractivity contribution in [2.45, 2.75) is 18.9 Å². The third-order valence-corrected chi connectivity index (χ3v) is 4.34. The first-order chi connectivity index (χ1) is 11.5. The Hall–Kier alpha value is -2.41. The number of carbonyl (C=O) groups excluding carboxylic acids is 3. The number of nitrogens with one attached hydrogen (secondary N) is 1. The fraction of sp³-hybridized carbons (Fsp3) is 0.471. The molecule has 2 fully saturated rings. The van der Waals surface area contributed by atoms with E-state index in [9.17, 15) is 14.4 Å². The smallest absolute Gasteiger partial charge is 0.254 e. The Balaban J connectivity index is 1.67. The normalized spacial score (nSPS) is 21.0. The van der Waals surface area contributed by atoms with Crippen LogP contribution in [0, 0.1) is 0 Å². The van der Waals surface area contributed by atoms with Crippen LogP contribution in [0.25, 0.3) is 0 Å². The van der Waals surface area contributed by atoms with Gasteiger partial charge in [-0.15, -0.1) is 0 Å². The minimum absolute atomic E-state index is 0.0718. The van der Waals surface area contributed by atoms with Gasteiger partial charge in [0.25, 0.3) is 11.8 Å². The Kier molecular flexibility index (Phi) is 4.80. The van der Waals surface area contributed by atoms with Crippen LogP contribution in [0.3, 0.4) is 0 Å². The molecule has 0 aliphatic carbocycles. The van der Waals surface area contributed by atoms with Crippen molar-refractivity contribution in [1.82, 2.24) is 9.80 Å². The Labute approximate surface area is 140 Å². The maximum atomic E-state index is 12.6. The van der Waals surface area contributed by atoms with E-state index in [4.69, 9.17) is 4.74 Å². The maximum Gasteiger partial charge on any atom is 0.254 e. The van der Waals surface area contributed by atoms with Crippen molar-refractivity contribution in [2.24, 2.45) is 0 Å². The van der Waals surface area contributed by atoms with Gasteiger partial charge < -0.3 is 19.9 Å². The Morgan fingerprint density at radius 1 is 1.29 bits per heavy atom. The molecule has 0 spiro atoms. The van der Waals surface area contributed by atoms with Gasteiger partial charge in [-0.25, -0.2) is 0 Å². The molecule has 2 saturated heterocycles. The fourth-order valence-electron chi connectivity index (χ4n) is 2.85. The van der Waals surface area contributed by atoms with Gasteiger partial charge in [-0.1, -0.05) is 6.07 Å². The van der Waals surface area contributed by atoms with Crippen molar-refractivity contribution in [2.75, 3.05) is 38.6 Å². The summed E-state index contributed by atoms with van der Waals surface area (Å²) in [6, 6.07) is 6.78. The lowest BCUT2D eigenvalue weighted by Gasteiger charge is -2.32. The van der Waals surface area contributed by atoms with E-state index < -0.39 is 6.10 Å². The highest BCUT2D eigenvalue weighted by Gasteiger charge is 2.26. The van der Waals surface area contributed by atoms with Gasteiger partial charge in [-0.2, -0.15) is 0 Å². The summed E-state index contributed by atoms with van der Waals surface area (Å²) in [5.74, 6) is -0.464. The number of anilines is 1. The molecule has 1 atom stereocenters. The van der Waals surface area contributed by atoms with Crippen molar-refractivity contribution in [3.63, 3.8) is 0 Å². The van der Waals surface area contributed by atoms with Gasteiger partial charge in [-0.05, 0) is 31.0 Å². The average molecular weight is 331 g/mol. The van der Waals surface area contributed by atoms with E-state index in [1.54, 1.807) is 36.2 Å². The van der Waals surface area contributed by atoms with Crippen LogP contribution >= 0.6 is 0 Å². The second-order valence-electron chi connectivity index (χ2n) is 6.11. The lowest BCUT2D eigenvalue weighted by Crippen LogP contribution is -2.50. The van der Waals surface area contributed by atoms with E-state index in [0.717, 1.165) is 6.42 Å². The van der Waals surface area contributed by atoms with Crippen LogP contribution in [0.1, 0.15) is 23.2 Å². The van der Waals surface area contributed by atoms with Gasteiger partial charge in [0.1, 0.15) is 12.6 Å². The molecule has 1 aromatic carbocycles. The number of hydrogen-bond acceptors (Lipinski definition) is 4. The average Bonchev–Trinajstić information content (AvgIpc) is 3.12. The van der Waals surface area contributed by atoms with Gasteiger partial charge in [0.2, 0.25) is 5.91 Å². The summed E-state index contributed by atoms with van der Waals surface area (Å²) in [6.07, 6.45) is 1.18. The highest BCUT2D eigenvalue weighted by atomic mass is 16.5. The number of rotatable bonds is 3. The van der Waals surface area contributed by atoms with E-state index in [1.807, 2.05) is 0 Å². The lowest BCUT2D eigenvalue weighted by molar-refractivity contribution is -0.133. The first-order valence-corrected chi connectivity index (χ1v) is 8.10. The quantitative estimate of drug-likeness (QED) is 0.885. The highest BCUT2D eigenvalue weighted by Crippen LogP contribution is 2.17. The van der Waals surface area contributed by atoms with E-state index in [0.29, 0.717) is 37.4 Å². The second-order valence-corrected chi connectivity index (χ2v) is 6.11. The van der Waals surface area contributed by atoms with Crippen molar-refractivity contribution in [3.05, 3.63) is 29.8 Å². The summed E-state index contributed by atoms with van der Waals surface area (Å²) >= 11 is 0. The molecule has 0 radical (unpaired) electrons. The van der Waals surface area contributed by atoms with Gasteiger partial charge in [0, 0.05) is 38.0 Å². The number of hydrogen-bond donors (Lipinski definition) is 1. The molecule has 24 heavy (non-hydrogen) atoms. The molecular weight excluding hydrogens is 310 g/mol. The van der Waals surface area contributed by atoms with Crippen LogP contribution in [0.2, 0.25) is 0 Å². The van der Waals surface area contributed by atoms with Crippen molar-refractivity contribution < 1.29 is 19.1 Å². The topological polar surface area (TPSA) is 78.9 Å². The number of nitrogens with zero attached hydrogens (tertiary/aromatic N) is 2. The molecule has 7 heteroatoms. The lowest BCUT2D eigenvalue weighted by atomic mass is 10.1. The molecule has 0 bridgehead atoms. The molecule has 0 aromatic heterocycles. The van der Waals surface area contributed by atoms with E-state index in [-0.39, 0.29) is 24.3 Å². The summed E-state index contributed by atoms with van der Waals surface area (Å²) in [5.41, 5.74) is 1.01. The SMILES string of the molecule is CN1CCN(C(=O)c2cccc(NC(=O)C3CCCO3)c2)CC1=O. The van der Waals surface area contributed by atoms with Crippen molar-refractivity contribution >= 4 is 23.4 Å². The van der Waals surface area contributed by atoms with Gasteiger partial charge in [-0.3, -0.25) is 14.4 Å². The molecule has 2 aliphatic rings. The first-order valence-electron chi connectivity index (χ1n) is 8.10. The Morgan fingerprint density at radius 3 is 2.83 bits per heavy atom. The summed E-state index contributed by atoms with van der Waals surface area (Å²) in [7, 11) is 1.73. The highest BCUT2D eigenvalue weighted by molar-refractivity contribution is 5.99. The number of benzene rings is 1. The number of ether oxygens (including phenoxy) is 1. The number of amides is 3. The molecule has 1 N–H and O–H groups in total. The second kappa shape index (κ2) is 7.00. The van der Waals surface area contributed by atoms with Crippen LogP contribution in [0.4, 0.5) is 5.69 Å². The number of likely N-dealkylation sites (N-methyl/N-ethyl adjacent to an activating group) is 1. The van der Waals surface area contributed by atoms with Gasteiger partial charge >= 0.3 is 0 Å². The van der Waals surface area contributed by atoms with Crippen LogP contribution < -0.4 is 5.32 Å². The van der Waals surface area contributed by atoms with E-state index in [2.05, 4.69) is 5.32 Å². The third-order valence-electron chi connectivity index (χ3n) is 4.34. The van der Waals surface area contributed by atoms with Gasteiger partial charge in [0.05, 0.1) is 0 Å². The van der Waals surface area contributed by atoms with Crippen LogP contribution in [0.5, 0.6) is 0 Å². The molecule has 2 heterocycles. The van der Waals surface area contributed by atoms with Crippen LogP contribution in [-0.4, -0.2) is 66.9 Å². The Bertz CT molecular complexity index is 655. The zero-order valence-corrected chi connectivity index (χ0v) is 13.7. The maximum absolute atomic E-state index is 12.6. The van der Waals surface area contributed by atoms with Crippen molar-refractivity contribution in [3.8, 4) is 0 Å². The minimum Gasteiger partial charge on any atom is -0.368 e. The number of carbonyl (C=O) groups is 3. The number of piperazine rings is 1. The van der Waals surface area contributed by atoms with Gasteiger partial charge in [0.15, 0.2) is 0 Å². The van der Waals surface area contributed by atoms with Crippen LogP contribution in [0.15, 0.2) is 24.3 Å². The summed E-state index contributed by atoms with van der Waals surface area (Å²) in [5, 5.41) is 2.79. The molecule has 0 saturated carbocycles.